The van der Waals surface area contributed by atoms with Crippen LogP contribution < -0.4 is 10.1 Å². The van der Waals surface area contributed by atoms with Crippen LogP contribution in [0.4, 0.5) is 5.69 Å². The number of carboxylic acid groups (broad SMARTS) is 1. The number of ether oxygens (including phenoxy) is 1. The molecule has 0 bridgehead atoms. The zero-order valence-electron chi connectivity index (χ0n) is 12.9. The molecule has 0 aliphatic carbocycles. The first-order chi connectivity index (χ1) is 11.0. The van der Waals surface area contributed by atoms with Crippen LogP contribution in [-0.4, -0.2) is 24.1 Å². The van der Waals surface area contributed by atoms with Gasteiger partial charge in [-0.1, -0.05) is 30.3 Å². The van der Waals surface area contributed by atoms with Crippen molar-refractivity contribution in [2.24, 2.45) is 0 Å². The molecule has 0 aliphatic heterocycles. The minimum atomic E-state index is -1.09. The average molecular weight is 311 g/mol. The molecule has 0 atom stereocenters. The Morgan fingerprint density at radius 2 is 1.87 bits per heavy atom. The fraction of sp³-hybridized carbons (Fsp3) is 0.111. The van der Waals surface area contributed by atoms with Gasteiger partial charge in [-0.15, -0.1) is 0 Å². The summed E-state index contributed by atoms with van der Waals surface area (Å²) in [6.45, 7) is 1.92. The standard InChI is InChI=1S/C18H17NO4/c1-12-6-5-7-13(17(12)23-2)10-11-16(20)19-15-9-4-3-8-14(15)18(21)22/h3-11H,1-2H3,(H,19,20)(H,21,22). The summed E-state index contributed by atoms with van der Waals surface area (Å²) in [6.07, 6.45) is 2.97. The van der Waals surface area contributed by atoms with E-state index in [0.717, 1.165) is 11.1 Å². The molecule has 2 aromatic carbocycles. The van der Waals surface area contributed by atoms with Crippen molar-refractivity contribution in [1.82, 2.24) is 0 Å². The normalized spacial score (nSPS) is 10.5. The third kappa shape index (κ3) is 3.97. The van der Waals surface area contributed by atoms with E-state index < -0.39 is 11.9 Å². The Morgan fingerprint density at radius 1 is 1.13 bits per heavy atom. The lowest BCUT2D eigenvalue weighted by molar-refractivity contribution is -0.111. The molecule has 5 heteroatoms. The predicted molar refractivity (Wildman–Crippen MR) is 88.8 cm³/mol. The summed E-state index contributed by atoms with van der Waals surface area (Å²) in [6, 6.07) is 11.9. The lowest BCUT2D eigenvalue weighted by Crippen LogP contribution is -2.11. The van der Waals surface area contributed by atoms with Gasteiger partial charge in [-0.3, -0.25) is 4.79 Å². The molecule has 0 heterocycles. The number of methoxy groups -OCH3 is 1. The molecule has 2 aromatic rings. The Labute approximate surface area is 134 Å². The molecule has 0 saturated heterocycles. The van der Waals surface area contributed by atoms with Crippen molar-refractivity contribution in [3.63, 3.8) is 0 Å². The van der Waals surface area contributed by atoms with Crippen LogP contribution in [0.3, 0.4) is 0 Å². The van der Waals surface area contributed by atoms with Gasteiger partial charge in [0.25, 0.3) is 0 Å². The number of benzene rings is 2. The van der Waals surface area contributed by atoms with Gasteiger partial charge in [0.2, 0.25) is 5.91 Å². The number of carbonyl (C=O) groups is 2. The number of aryl methyl sites for hydroxylation is 1. The first kappa shape index (κ1) is 16.3. The molecule has 0 spiro atoms. The lowest BCUT2D eigenvalue weighted by atomic mass is 10.1. The van der Waals surface area contributed by atoms with Crippen molar-refractivity contribution in [1.29, 1.82) is 0 Å². The van der Waals surface area contributed by atoms with Gasteiger partial charge in [-0.05, 0) is 30.7 Å². The molecule has 1 amide bonds. The van der Waals surface area contributed by atoms with E-state index in [4.69, 9.17) is 9.84 Å². The van der Waals surface area contributed by atoms with Crippen LogP contribution in [0.25, 0.3) is 6.08 Å². The summed E-state index contributed by atoms with van der Waals surface area (Å²) in [7, 11) is 1.57. The molecule has 0 fully saturated rings. The first-order valence-corrected chi connectivity index (χ1v) is 6.98. The van der Waals surface area contributed by atoms with Gasteiger partial charge in [0.05, 0.1) is 18.4 Å². The van der Waals surface area contributed by atoms with Crippen molar-refractivity contribution in [2.75, 3.05) is 12.4 Å². The fourth-order valence-electron chi connectivity index (χ4n) is 2.20. The van der Waals surface area contributed by atoms with Crippen LogP contribution in [0, 0.1) is 6.92 Å². The summed E-state index contributed by atoms with van der Waals surface area (Å²) in [5.74, 6) is -0.810. The second-order valence-electron chi connectivity index (χ2n) is 4.87. The number of hydrogen-bond acceptors (Lipinski definition) is 3. The van der Waals surface area contributed by atoms with Gasteiger partial charge < -0.3 is 15.2 Å². The summed E-state index contributed by atoms with van der Waals surface area (Å²) >= 11 is 0. The van der Waals surface area contributed by atoms with E-state index in [2.05, 4.69) is 5.32 Å². The zero-order valence-corrected chi connectivity index (χ0v) is 12.9. The largest absolute Gasteiger partial charge is 0.496 e. The van der Waals surface area contributed by atoms with Crippen molar-refractivity contribution < 1.29 is 19.4 Å². The number of rotatable bonds is 5. The monoisotopic (exact) mass is 311 g/mol. The highest BCUT2D eigenvalue weighted by Gasteiger charge is 2.10. The van der Waals surface area contributed by atoms with E-state index in [1.807, 2.05) is 25.1 Å². The highest BCUT2D eigenvalue weighted by Crippen LogP contribution is 2.24. The van der Waals surface area contributed by atoms with Crippen LogP contribution in [0.5, 0.6) is 5.75 Å². The summed E-state index contributed by atoms with van der Waals surface area (Å²) in [4.78, 5) is 23.1. The maximum atomic E-state index is 12.0. The summed E-state index contributed by atoms with van der Waals surface area (Å²) < 4.78 is 5.32. The van der Waals surface area contributed by atoms with Crippen LogP contribution in [-0.2, 0) is 4.79 Å². The Morgan fingerprint density at radius 3 is 2.57 bits per heavy atom. The van der Waals surface area contributed by atoms with Gasteiger partial charge in [-0.2, -0.15) is 0 Å². The number of aromatic carboxylic acids is 1. The van der Waals surface area contributed by atoms with E-state index in [0.29, 0.717) is 5.75 Å². The van der Waals surface area contributed by atoms with Crippen LogP contribution in [0.2, 0.25) is 0 Å². The summed E-state index contributed by atoms with van der Waals surface area (Å²) in [5, 5.41) is 11.7. The number of carboxylic acids is 1. The van der Waals surface area contributed by atoms with Crippen molar-refractivity contribution in [3.05, 3.63) is 65.2 Å². The molecule has 0 unspecified atom stereocenters. The Balaban J connectivity index is 2.18. The Bertz CT molecular complexity index is 765. The Kier molecular flexibility index (Phi) is 5.15. The highest BCUT2D eigenvalue weighted by atomic mass is 16.5. The number of nitrogens with one attached hydrogen (secondary N) is 1. The minimum Gasteiger partial charge on any atom is -0.496 e. The van der Waals surface area contributed by atoms with E-state index in [-0.39, 0.29) is 11.3 Å². The topological polar surface area (TPSA) is 75.6 Å². The zero-order chi connectivity index (χ0) is 16.8. The number of anilines is 1. The lowest BCUT2D eigenvalue weighted by Gasteiger charge is -2.08. The average Bonchev–Trinajstić information content (AvgIpc) is 2.53. The van der Waals surface area contributed by atoms with Gasteiger partial charge in [-0.25, -0.2) is 4.79 Å². The smallest absolute Gasteiger partial charge is 0.337 e. The number of hydrogen-bond donors (Lipinski definition) is 2. The minimum absolute atomic E-state index is 0.0439. The molecule has 0 radical (unpaired) electrons. The van der Waals surface area contributed by atoms with Crippen molar-refractivity contribution in [3.8, 4) is 5.75 Å². The Hall–Kier alpha value is -3.08. The predicted octanol–water partition coefficient (Wildman–Crippen LogP) is 3.35. The van der Waals surface area contributed by atoms with Gasteiger partial charge >= 0.3 is 5.97 Å². The van der Waals surface area contributed by atoms with Crippen LogP contribution in [0.15, 0.2) is 48.5 Å². The van der Waals surface area contributed by atoms with E-state index in [1.54, 1.807) is 31.4 Å². The van der Waals surface area contributed by atoms with Crippen LogP contribution >= 0.6 is 0 Å². The molecular formula is C18H17NO4. The molecule has 2 N–H and O–H groups in total. The fourth-order valence-corrected chi connectivity index (χ4v) is 2.20. The number of amides is 1. The third-order valence-electron chi connectivity index (χ3n) is 3.28. The second-order valence-corrected chi connectivity index (χ2v) is 4.87. The van der Waals surface area contributed by atoms with Crippen molar-refractivity contribution >= 4 is 23.6 Å². The van der Waals surface area contributed by atoms with Gasteiger partial charge in [0.1, 0.15) is 5.75 Å². The first-order valence-electron chi connectivity index (χ1n) is 6.98. The maximum Gasteiger partial charge on any atom is 0.337 e. The SMILES string of the molecule is COc1c(C)cccc1C=CC(=O)Nc1ccccc1C(=O)O. The third-order valence-corrected chi connectivity index (χ3v) is 3.28. The van der Waals surface area contributed by atoms with E-state index in [1.165, 1.54) is 12.1 Å². The van der Waals surface area contributed by atoms with Crippen LogP contribution in [0.1, 0.15) is 21.5 Å². The van der Waals surface area contributed by atoms with E-state index in [9.17, 15) is 9.59 Å². The second kappa shape index (κ2) is 7.26. The molecule has 0 saturated carbocycles. The van der Waals surface area contributed by atoms with Gasteiger partial charge in [0.15, 0.2) is 0 Å². The molecule has 0 aromatic heterocycles. The quantitative estimate of drug-likeness (QED) is 0.830. The number of carbonyl (C=O) groups excluding carboxylic acids is 1. The molecular weight excluding hydrogens is 294 g/mol. The van der Waals surface area contributed by atoms with E-state index >= 15 is 0 Å². The highest BCUT2D eigenvalue weighted by molar-refractivity contribution is 6.06. The maximum absolute atomic E-state index is 12.0. The molecule has 118 valence electrons. The molecule has 2 rings (SSSR count). The summed E-state index contributed by atoms with van der Waals surface area (Å²) in [5.41, 5.74) is 2.04. The molecule has 23 heavy (non-hydrogen) atoms. The van der Waals surface area contributed by atoms with Gasteiger partial charge in [0, 0.05) is 11.6 Å². The molecule has 0 aliphatic rings. The van der Waals surface area contributed by atoms with Crippen molar-refractivity contribution in [2.45, 2.75) is 6.92 Å². The molecule has 5 nitrogen and oxygen atoms in total. The number of para-hydroxylation sites is 2.